The van der Waals surface area contributed by atoms with Gasteiger partial charge in [-0.15, -0.1) is 0 Å². The van der Waals surface area contributed by atoms with Crippen LogP contribution in [0.4, 0.5) is 0 Å². The minimum atomic E-state index is -0.114. The molecule has 0 radical (unpaired) electrons. The van der Waals surface area contributed by atoms with Gasteiger partial charge in [0, 0.05) is 30.8 Å². The molecule has 24 heavy (non-hydrogen) atoms. The van der Waals surface area contributed by atoms with Crippen LogP contribution in [0.25, 0.3) is 0 Å². The minimum Gasteiger partial charge on any atom is -0.352 e. The fraction of sp³-hybridized carbons (Fsp3) is 0.579. The van der Waals surface area contributed by atoms with Gasteiger partial charge in [0.25, 0.3) is 11.8 Å². The quantitative estimate of drug-likeness (QED) is 0.806. The minimum absolute atomic E-state index is 0.0345. The van der Waals surface area contributed by atoms with Gasteiger partial charge in [0.05, 0.1) is 0 Å². The first-order valence-electron chi connectivity index (χ1n) is 8.97. The Morgan fingerprint density at radius 3 is 2.54 bits per heavy atom. The van der Waals surface area contributed by atoms with Gasteiger partial charge < -0.3 is 15.5 Å². The first kappa shape index (κ1) is 18.5. The van der Waals surface area contributed by atoms with Crippen LogP contribution < -0.4 is 10.6 Å². The fourth-order valence-corrected chi connectivity index (χ4v) is 3.09. The maximum atomic E-state index is 12.7. The Bertz CT molecular complexity index is 551. The van der Waals surface area contributed by atoms with Gasteiger partial charge in [-0.2, -0.15) is 0 Å². The second-order valence-electron chi connectivity index (χ2n) is 6.46. The first-order chi connectivity index (χ1) is 11.7. The molecule has 1 aromatic carbocycles. The van der Waals surface area contributed by atoms with Crippen molar-refractivity contribution in [2.75, 3.05) is 33.2 Å². The van der Waals surface area contributed by atoms with Crippen molar-refractivity contribution in [1.29, 1.82) is 0 Å². The normalized spacial score (nSPS) is 15.3. The highest BCUT2D eigenvalue weighted by Gasteiger charge is 2.23. The summed E-state index contributed by atoms with van der Waals surface area (Å²) in [4.78, 5) is 26.7. The Kier molecular flexibility index (Phi) is 7.25. The molecule has 5 heteroatoms. The summed E-state index contributed by atoms with van der Waals surface area (Å²) in [5, 5.41) is 6.04. The lowest BCUT2D eigenvalue weighted by Crippen LogP contribution is -2.39. The van der Waals surface area contributed by atoms with Gasteiger partial charge in [0.2, 0.25) is 0 Å². The van der Waals surface area contributed by atoms with Crippen LogP contribution in [0.1, 0.15) is 53.3 Å². The van der Waals surface area contributed by atoms with E-state index in [2.05, 4.69) is 10.6 Å². The van der Waals surface area contributed by atoms with Gasteiger partial charge in [-0.25, -0.2) is 0 Å². The lowest BCUT2D eigenvalue weighted by molar-refractivity contribution is 0.0687. The highest BCUT2D eigenvalue weighted by Crippen LogP contribution is 2.21. The zero-order valence-corrected chi connectivity index (χ0v) is 14.8. The van der Waals surface area contributed by atoms with Crippen LogP contribution in [0.5, 0.6) is 0 Å². The van der Waals surface area contributed by atoms with Crippen molar-refractivity contribution in [3.63, 3.8) is 0 Å². The van der Waals surface area contributed by atoms with E-state index in [0.29, 0.717) is 23.6 Å². The van der Waals surface area contributed by atoms with Crippen molar-refractivity contribution in [1.82, 2.24) is 15.5 Å². The Hall–Kier alpha value is -1.88. The van der Waals surface area contributed by atoms with Crippen molar-refractivity contribution in [2.45, 2.75) is 32.6 Å². The summed E-state index contributed by atoms with van der Waals surface area (Å²) in [6.07, 6.45) is 4.19. The second-order valence-corrected chi connectivity index (χ2v) is 6.46. The summed E-state index contributed by atoms with van der Waals surface area (Å²) in [5.41, 5.74) is 1.16. The Balaban J connectivity index is 1.94. The predicted octanol–water partition coefficient (Wildman–Crippen LogP) is 2.29. The van der Waals surface area contributed by atoms with Crippen LogP contribution in [0.15, 0.2) is 24.3 Å². The molecule has 0 spiro atoms. The number of likely N-dealkylation sites (tertiary alicyclic amines) is 1. The predicted molar refractivity (Wildman–Crippen MR) is 96.2 cm³/mol. The van der Waals surface area contributed by atoms with Gasteiger partial charge in [-0.05, 0) is 63.4 Å². The van der Waals surface area contributed by atoms with E-state index in [1.165, 1.54) is 6.42 Å². The molecule has 2 rings (SSSR count). The smallest absolute Gasteiger partial charge is 0.253 e. The Morgan fingerprint density at radius 1 is 1.17 bits per heavy atom. The van der Waals surface area contributed by atoms with Crippen LogP contribution >= 0.6 is 0 Å². The number of piperidine rings is 1. The highest BCUT2D eigenvalue weighted by atomic mass is 16.2. The average Bonchev–Trinajstić information content (AvgIpc) is 2.64. The van der Waals surface area contributed by atoms with Crippen LogP contribution in [0.3, 0.4) is 0 Å². The van der Waals surface area contributed by atoms with Crippen molar-refractivity contribution in [3.8, 4) is 0 Å². The van der Waals surface area contributed by atoms with Crippen molar-refractivity contribution in [2.24, 2.45) is 5.92 Å². The molecule has 0 unspecified atom stereocenters. The molecule has 1 aliphatic heterocycles. The molecule has 1 saturated heterocycles. The van der Waals surface area contributed by atoms with Crippen LogP contribution in [-0.4, -0.2) is 49.9 Å². The van der Waals surface area contributed by atoms with Gasteiger partial charge in [0.15, 0.2) is 0 Å². The SMILES string of the molecule is CCCNC(=O)c1cccc(C(=O)N2CCC(CCNC)CC2)c1. The summed E-state index contributed by atoms with van der Waals surface area (Å²) in [5.74, 6) is 0.622. The van der Waals surface area contributed by atoms with Crippen molar-refractivity contribution >= 4 is 11.8 Å². The molecule has 1 heterocycles. The number of rotatable bonds is 7. The number of carbonyl (C=O) groups is 2. The third-order valence-corrected chi connectivity index (χ3v) is 4.61. The third kappa shape index (κ3) is 5.06. The largest absolute Gasteiger partial charge is 0.352 e. The molecule has 0 aromatic heterocycles. The van der Waals surface area contributed by atoms with E-state index in [-0.39, 0.29) is 11.8 Å². The molecule has 132 valence electrons. The Labute approximate surface area is 144 Å². The lowest BCUT2D eigenvalue weighted by atomic mass is 9.93. The van der Waals surface area contributed by atoms with Gasteiger partial charge in [-0.1, -0.05) is 13.0 Å². The topological polar surface area (TPSA) is 61.4 Å². The molecular formula is C19H29N3O2. The van der Waals surface area contributed by atoms with E-state index in [1.807, 2.05) is 18.9 Å². The monoisotopic (exact) mass is 331 g/mol. The van der Waals surface area contributed by atoms with E-state index in [0.717, 1.165) is 38.9 Å². The van der Waals surface area contributed by atoms with Gasteiger partial charge in [-0.3, -0.25) is 9.59 Å². The molecule has 0 saturated carbocycles. The molecule has 1 fully saturated rings. The van der Waals surface area contributed by atoms with Crippen molar-refractivity contribution < 1.29 is 9.59 Å². The number of benzene rings is 1. The molecule has 5 nitrogen and oxygen atoms in total. The molecule has 1 aliphatic rings. The standard InChI is InChI=1S/C19H29N3O2/c1-3-10-21-18(23)16-5-4-6-17(14-16)19(24)22-12-8-15(9-13-22)7-11-20-2/h4-6,14-15,20H,3,7-13H2,1-2H3,(H,21,23). The van der Waals surface area contributed by atoms with Crippen LogP contribution in [0.2, 0.25) is 0 Å². The molecule has 0 aliphatic carbocycles. The molecular weight excluding hydrogens is 302 g/mol. The number of hydrogen-bond acceptors (Lipinski definition) is 3. The van der Waals surface area contributed by atoms with E-state index >= 15 is 0 Å². The number of nitrogens with one attached hydrogen (secondary N) is 2. The summed E-state index contributed by atoms with van der Waals surface area (Å²) in [6.45, 7) is 5.31. The van der Waals surface area contributed by atoms with Gasteiger partial charge in [0.1, 0.15) is 0 Å². The van der Waals surface area contributed by atoms with Crippen LogP contribution in [-0.2, 0) is 0 Å². The highest BCUT2D eigenvalue weighted by molar-refractivity contribution is 5.99. The first-order valence-corrected chi connectivity index (χ1v) is 8.97. The number of carbonyl (C=O) groups excluding carboxylic acids is 2. The summed E-state index contributed by atoms with van der Waals surface area (Å²) >= 11 is 0. The third-order valence-electron chi connectivity index (χ3n) is 4.61. The molecule has 2 amide bonds. The maximum Gasteiger partial charge on any atom is 0.253 e. The zero-order chi connectivity index (χ0) is 17.4. The summed E-state index contributed by atoms with van der Waals surface area (Å²) in [7, 11) is 1.97. The van der Waals surface area contributed by atoms with E-state index in [9.17, 15) is 9.59 Å². The molecule has 2 N–H and O–H groups in total. The molecule has 0 atom stereocenters. The maximum absolute atomic E-state index is 12.7. The van der Waals surface area contributed by atoms with Crippen LogP contribution in [0, 0.1) is 5.92 Å². The van der Waals surface area contributed by atoms with Gasteiger partial charge >= 0.3 is 0 Å². The van der Waals surface area contributed by atoms with E-state index < -0.39 is 0 Å². The zero-order valence-electron chi connectivity index (χ0n) is 14.8. The summed E-state index contributed by atoms with van der Waals surface area (Å²) in [6, 6.07) is 7.05. The van der Waals surface area contributed by atoms with Crippen molar-refractivity contribution in [3.05, 3.63) is 35.4 Å². The molecule has 0 bridgehead atoms. The number of amides is 2. The number of hydrogen-bond donors (Lipinski definition) is 2. The second kappa shape index (κ2) is 9.42. The molecule has 1 aromatic rings. The Morgan fingerprint density at radius 2 is 1.88 bits per heavy atom. The van der Waals surface area contributed by atoms with E-state index in [4.69, 9.17) is 0 Å². The van der Waals surface area contributed by atoms with E-state index in [1.54, 1.807) is 24.3 Å². The average molecular weight is 331 g/mol. The number of nitrogens with zero attached hydrogens (tertiary/aromatic N) is 1. The summed E-state index contributed by atoms with van der Waals surface area (Å²) < 4.78 is 0. The fourth-order valence-electron chi connectivity index (χ4n) is 3.09. The lowest BCUT2D eigenvalue weighted by Gasteiger charge is -2.32.